The molecule has 0 fully saturated rings. The lowest BCUT2D eigenvalue weighted by atomic mass is 10.1. The number of anilines is 1. The average Bonchev–Trinajstić information content (AvgIpc) is 3.16. The van der Waals surface area contributed by atoms with Crippen LogP contribution in [0.3, 0.4) is 0 Å². The van der Waals surface area contributed by atoms with Gasteiger partial charge in [-0.15, -0.1) is 11.3 Å². The van der Waals surface area contributed by atoms with Crippen molar-refractivity contribution >= 4 is 46.0 Å². The van der Waals surface area contributed by atoms with Crippen LogP contribution in [0.15, 0.2) is 47.6 Å². The number of hydrogen-bond donors (Lipinski definition) is 4. The van der Waals surface area contributed by atoms with Crippen molar-refractivity contribution in [3.8, 4) is 0 Å². The van der Waals surface area contributed by atoms with Crippen LogP contribution in [0.4, 0.5) is 18.2 Å². The number of rotatable bonds is 11. The number of carbonyl (C=O) groups is 2. The average molecular weight is 625 g/mol. The van der Waals surface area contributed by atoms with Crippen LogP contribution in [-0.4, -0.2) is 58.4 Å². The van der Waals surface area contributed by atoms with E-state index in [1.165, 1.54) is 17.4 Å². The van der Waals surface area contributed by atoms with Crippen LogP contribution in [0, 0.1) is 13.8 Å². The van der Waals surface area contributed by atoms with Crippen LogP contribution in [0.25, 0.3) is 0 Å². The summed E-state index contributed by atoms with van der Waals surface area (Å²) >= 11 is 6.86. The molecule has 1 aromatic heterocycles. The maximum Gasteiger partial charge on any atom is 0.417 e. The van der Waals surface area contributed by atoms with E-state index < -0.39 is 40.8 Å². The molecule has 0 bridgehead atoms. The van der Waals surface area contributed by atoms with E-state index in [1.807, 2.05) is 11.0 Å². The minimum atomic E-state index is -4.64. The summed E-state index contributed by atoms with van der Waals surface area (Å²) in [6.45, 7) is 7.91. The van der Waals surface area contributed by atoms with Crippen LogP contribution < -0.4 is 10.7 Å². The number of nitrogens with zero attached hydrogens (tertiary/aromatic N) is 2. The van der Waals surface area contributed by atoms with Crippen molar-refractivity contribution in [2.24, 2.45) is 5.10 Å². The first-order valence-electron chi connectivity index (χ1n) is 12.9. The Morgan fingerprint density at radius 1 is 1.07 bits per heavy atom. The highest BCUT2D eigenvalue weighted by atomic mass is 35.5. The molecule has 3 rings (SSSR count). The molecule has 2 atom stereocenters. The zero-order chi connectivity index (χ0) is 31.2. The number of aryl methyl sites for hydroxylation is 1. The maximum atomic E-state index is 13.2. The number of aliphatic hydroxyl groups excluding tert-OH is 2. The van der Waals surface area contributed by atoms with Crippen molar-refractivity contribution < 1.29 is 33.0 Å². The first kappa shape index (κ1) is 33.2. The molecule has 3 aromatic rings. The Labute approximate surface area is 250 Å². The molecule has 0 saturated carbocycles. The third-order valence-corrected chi connectivity index (χ3v) is 7.61. The molecular weight excluding hydrogens is 593 g/mol. The molecule has 0 saturated heterocycles. The predicted molar refractivity (Wildman–Crippen MR) is 158 cm³/mol. The topological polar surface area (TPSA) is 114 Å². The van der Waals surface area contributed by atoms with Gasteiger partial charge in [-0.05, 0) is 68.7 Å². The number of carbonyl (C=O) groups excluding carboxylic acids is 2. The third kappa shape index (κ3) is 9.10. The van der Waals surface area contributed by atoms with Gasteiger partial charge in [0.05, 0.1) is 34.6 Å². The summed E-state index contributed by atoms with van der Waals surface area (Å²) in [5, 5.41) is 26.0. The number of amides is 2. The summed E-state index contributed by atoms with van der Waals surface area (Å²) in [4.78, 5) is 28.9. The Kier molecular flexibility index (Phi) is 11.3. The van der Waals surface area contributed by atoms with E-state index in [-0.39, 0.29) is 11.1 Å². The summed E-state index contributed by atoms with van der Waals surface area (Å²) in [6, 6.07) is 10.1. The summed E-state index contributed by atoms with van der Waals surface area (Å²) in [5.41, 5.74) is 3.33. The summed E-state index contributed by atoms with van der Waals surface area (Å²) < 4.78 is 39.4. The lowest BCUT2D eigenvalue weighted by Gasteiger charge is -2.25. The molecule has 2 aromatic carbocycles. The minimum Gasteiger partial charge on any atom is -0.392 e. The van der Waals surface area contributed by atoms with Crippen molar-refractivity contribution in [3.63, 3.8) is 0 Å². The van der Waals surface area contributed by atoms with Gasteiger partial charge < -0.3 is 15.5 Å². The molecule has 42 heavy (non-hydrogen) atoms. The van der Waals surface area contributed by atoms with Crippen molar-refractivity contribution in [1.82, 2.24) is 10.3 Å². The van der Waals surface area contributed by atoms with Gasteiger partial charge in [0.2, 0.25) is 0 Å². The lowest BCUT2D eigenvalue weighted by molar-refractivity contribution is -0.137. The molecule has 0 spiro atoms. The van der Waals surface area contributed by atoms with Crippen LogP contribution in [0.2, 0.25) is 5.02 Å². The van der Waals surface area contributed by atoms with E-state index in [9.17, 15) is 33.0 Å². The van der Waals surface area contributed by atoms with Gasteiger partial charge in [-0.2, -0.15) is 18.3 Å². The van der Waals surface area contributed by atoms with Crippen molar-refractivity contribution in [1.29, 1.82) is 0 Å². The quantitative estimate of drug-likeness (QED) is 0.163. The molecule has 13 heteroatoms. The number of alkyl halides is 3. The fourth-order valence-electron chi connectivity index (χ4n) is 4.25. The smallest absolute Gasteiger partial charge is 0.392 e. The summed E-state index contributed by atoms with van der Waals surface area (Å²) in [6.07, 6.45) is -4.77. The number of hydrazone groups is 1. The Balaban J connectivity index is 1.75. The van der Waals surface area contributed by atoms with Crippen LogP contribution in [0.1, 0.15) is 61.7 Å². The van der Waals surface area contributed by atoms with Crippen LogP contribution in [0.5, 0.6) is 0 Å². The molecule has 0 radical (unpaired) electrons. The Bertz CT molecular complexity index is 1450. The highest BCUT2D eigenvalue weighted by Crippen LogP contribution is 2.35. The molecule has 2 amide bonds. The summed E-state index contributed by atoms with van der Waals surface area (Å²) in [7, 11) is 0. The molecule has 4 N–H and O–H groups in total. The molecular formula is C29H32ClF3N4O4S. The van der Waals surface area contributed by atoms with E-state index in [0.29, 0.717) is 35.8 Å². The van der Waals surface area contributed by atoms with Crippen molar-refractivity contribution in [2.45, 2.75) is 52.6 Å². The maximum absolute atomic E-state index is 13.2. The van der Waals surface area contributed by atoms with E-state index in [0.717, 1.165) is 28.8 Å². The SMILES string of the molecule is Cc1sc(NC(=O)c2cccc(CN(CC(C)O)CC(C)O)c2)c(C(=O)N/N=C/c2ccc(Cl)c(C(F)(F)F)c2)c1C. The van der Waals surface area contributed by atoms with Gasteiger partial charge >= 0.3 is 6.18 Å². The monoisotopic (exact) mass is 624 g/mol. The van der Waals surface area contributed by atoms with Crippen molar-refractivity contribution in [3.05, 3.63) is 85.7 Å². The van der Waals surface area contributed by atoms with E-state index in [4.69, 9.17) is 11.6 Å². The van der Waals surface area contributed by atoms with Crippen LogP contribution >= 0.6 is 22.9 Å². The molecule has 0 aliphatic carbocycles. The second-order valence-electron chi connectivity index (χ2n) is 9.97. The first-order valence-corrected chi connectivity index (χ1v) is 14.1. The Hall–Kier alpha value is -3.29. The van der Waals surface area contributed by atoms with Gasteiger partial charge in [0.15, 0.2) is 0 Å². The highest BCUT2D eigenvalue weighted by molar-refractivity contribution is 7.16. The largest absolute Gasteiger partial charge is 0.417 e. The number of nitrogens with one attached hydrogen (secondary N) is 2. The van der Waals surface area contributed by atoms with Gasteiger partial charge in [-0.25, -0.2) is 5.43 Å². The number of thiophene rings is 1. The zero-order valence-corrected chi connectivity index (χ0v) is 25.0. The second kappa shape index (κ2) is 14.3. The molecule has 2 unspecified atom stereocenters. The number of hydrogen-bond acceptors (Lipinski definition) is 7. The van der Waals surface area contributed by atoms with E-state index in [1.54, 1.807) is 45.9 Å². The minimum absolute atomic E-state index is 0.0825. The highest BCUT2D eigenvalue weighted by Gasteiger charge is 2.33. The first-order chi connectivity index (χ1) is 19.6. The van der Waals surface area contributed by atoms with E-state index in [2.05, 4.69) is 15.8 Å². The fourth-order valence-corrected chi connectivity index (χ4v) is 5.52. The van der Waals surface area contributed by atoms with Gasteiger partial charge in [-0.3, -0.25) is 14.5 Å². The standard InChI is InChI=1S/C29H32ClF3N4O4S/c1-16(38)13-37(14-17(2)39)15-21-6-5-7-22(10-21)26(40)35-28-25(18(3)19(4)42-28)27(41)36-34-12-20-8-9-24(30)23(11-20)29(31,32)33/h5-12,16-17,38-39H,13-15H2,1-4H3,(H,35,40)(H,36,41)/b34-12+. The lowest BCUT2D eigenvalue weighted by Crippen LogP contribution is -2.35. The predicted octanol–water partition coefficient (Wildman–Crippen LogP) is 5.62. The number of aliphatic hydroxyl groups is 2. The summed E-state index contributed by atoms with van der Waals surface area (Å²) in [5.74, 6) is -1.09. The molecule has 0 aliphatic rings. The second-order valence-corrected chi connectivity index (χ2v) is 11.6. The number of benzene rings is 2. The molecule has 8 nitrogen and oxygen atoms in total. The van der Waals surface area contributed by atoms with Crippen LogP contribution in [-0.2, 0) is 12.7 Å². The fraction of sp³-hybridized carbons (Fsp3) is 0.345. The van der Waals surface area contributed by atoms with Gasteiger partial charge in [0, 0.05) is 30.1 Å². The van der Waals surface area contributed by atoms with Gasteiger partial charge in [0.25, 0.3) is 11.8 Å². The third-order valence-electron chi connectivity index (χ3n) is 6.16. The Morgan fingerprint density at radius 2 is 1.74 bits per heavy atom. The Morgan fingerprint density at radius 3 is 2.36 bits per heavy atom. The van der Waals surface area contributed by atoms with Gasteiger partial charge in [0.1, 0.15) is 5.00 Å². The number of halogens is 4. The van der Waals surface area contributed by atoms with Crippen molar-refractivity contribution in [2.75, 3.05) is 18.4 Å². The molecule has 1 heterocycles. The van der Waals surface area contributed by atoms with Gasteiger partial charge in [-0.1, -0.05) is 29.8 Å². The molecule has 0 aliphatic heterocycles. The normalized spacial score (nSPS) is 13.4. The zero-order valence-electron chi connectivity index (χ0n) is 23.4. The molecule has 226 valence electrons. The van der Waals surface area contributed by atoms with E-state index >= 15 is 0 Å².